The highest BCUT2D eigenvalue weighted by Crippen LogP contribution is 2.14. The van der Waals surface area contributed by atoms with Gasteiger partial charge in [-0.2, -0.15) is 0 Å². The number of nitrogens with one attached hydrogen (secondary N) is 1. The smallest absolute Gasteiger partial charge is 0.260 e. The summed E-state index contributed by atoms with van der Waals surface area (Å²) in [7, 11) is 3.94. The van der Waals surface area contributed by atoms with Crippen molar-refractivity contribution in [2.24, 2.45) is 0 Å². The lowest BCUT2D eigenvalue weighted by Gasteiger charge is -2.16. The Morgan fingerprint density at radius 3 is 2.78 bits per heavy atom. The number of hydrogen-bond donors (Lipinski definition) is 1. The van der Waals surface area contributed by atoms with Gasteiger partial charge in [-0.3, -0.25) is 4.79 Å². The van der Waals surface area contributed by atoms with Crippen molar-refractivity contribution in [1.29, 1.82) is 0 Å². The van der Waals surface area contributed by atoms with Crippen molar-refractivity contribution in [2.45, 2.75) is 20.0 Å². The monoisotopic (exact) mass is 250 g/mol. The molecule has 18 heavy (non-hydrogen) atoms. The predicted octanol–water partition coefficient (Wildman–Crippen LogP) is 1.44. The van der Waals surface area contributed by atoms with Crippen LogP contribution in [0.3, 0.4) is 0 Å². The van der Waals surface area contributed by atoms with Gasteiger partial charge < -0.3 is 15.0 Å². The molecule has 0 spiro atoms. The van der Waals surface area contributed by atoms with Crippen LogP contribution in [0.2, 0.25) is 0 Å². The lowest BCUT2D eigenvalue weighted by Crippen LogP contribution is -2.39. The van der Waals surface area contributed by atoms with Crippen molar-refractivity contribution < 1.29 is 9.53 Å². The van der Waals surface area contributed by atoms with Crippen molar-refractivity contribution in [2.75, 3.05) is 27.2 Å². The molecular formula is C14H22N2O2. The zero-order valence-corrected chi connectivity index (χ0v) is 11.6. The summed E-state index contributed by atoms with van der Waals surface area (Å²) in [5, 5.41) is 2.84. The number of benzene rings is 1. The molecule has 4 nitrogen and oxygen atoms in total. The zero-order chi connectivity index (χ0) is 13.5. The fourth-order valence-electron chi connectivity index (χ4n) is 1.49. The summed E-state index contributed by atoms with van der Waals surface area (Å²) < 4.78 is 5.59. The van der Waals surface area contributed by atoms with Crippen molar-refractivity contribution in [1.82, 2.24) is 10.2 Å². The molecule has 0 unspecified atom stereocenters. The Balaban J connectivity index is 2.40. The standard InChI is InChI=1S/C14H22N2O2/c1-11-6-5-7-13(10-11)18-12(2)14(17)15-8-9-16(3)4/h5-7,10,12H,8-9H2,1-4H3,(H,15,17)/t12-/m0/s1. The summed E-state index contributed by atoms with van der Waals surface area (Å²) in [5.74, 6) is 0.642. The van der Waals surface area contributed by atoms with Crippen LogP contribution in [0.1, 0.15) is 12.5 Å². The molecule has 0 radical (unpaired) electrons. The molecule has 0 bridgehead atoms. The van der Waals surface area contributed by atoms with Crippen LogP contribution < -0.4 is 10.1 Å². The maximum absolute atomic E-state index is 11.8. The third-order valence-electron chi connectivity index (χ3n) is 2.53. The van der Waals surface area contributed by atoms with E-state index in [0.717, 1.165) is 17.9 Å². The minimum atomic E-state index is -0.478. The van der Waals surface area contributed by atoms with Crippen LogP contribution in [0.25, 0.3) is 0 Å². The van der Waals surface area contributed by atoms with E-state index in [1.807, 2.05) is 50.2 Å². The van der Waals surface area contributed by atoms with Gasteiger partial charge in [0.05, 0.1) is 0 Å². The Hall–Kier alpha value is -1.55. The van der Waals surface area contributed by atoms with E-state index in [-0.39, 0.29) is 5.91 Å². The van der Waals surface area contributed by atoms with E-state index in [1.165, 1.54) is 0 Å². The number of ether oxygens (including phenoxy) is 1. The molecule has 0 aliphatic rings. The molecule has 0 saturated carbocycles. The van der Waals surface area contributed by atoms with Gasteiger partial charge in [0.1, 0.15) is 5.75 Å². The molecule has 1 rings (SSSR count). The second-order valence-corrected chi connectivity index (χ2v) is 4.67. The van der Waals surface area contributed by atoms with E-state index in [0.29, 0.717) is 6.54 Å². The number of likely N-dealkylation sites (N-methyl/N-ethyl adjacent to an activating group) is 1. The van der Waals surface area contributed by atoms with Gasteiger partial charge in [-0.25, -0.2) is 0 Å². The van der Waals surface area contributed by atoms with Gasteiger partial charge in [0, 0.05) is 13.1 Å². The number of aryl methyl sites for hydroxylation is 1. The van der Waals surface area contributed by atoms with Crippen molar-refractivity contribution in [3.8, 4) is 5.75 Å². The van der Waals surface area contributed by atoms with Crippen LogP contribution in [-0.4, -0.2) is 44.1 Å². The normalized spacial score (nSPS) is 12.3. The van der Waals surface area contributed by atoms with Crippen LogP contribution in [-0.2, 0) is 4.79 Å². The Bertz CT molecular complexity index is 391. The number of hydrogen-bond acceptors (Lipinski definition) is 3. The van der Waals surface area contributed by atoms with Crippen LogP contribution in [0, 0.1) is 6.92 Å². The van der Waals surface area contributed by atoms with Crippen molar-refractivity contribution in [3.63, 3.8) is 0 Å². The largest absolute Gasteiger partial charge is 0.481 e. The second kappa shape index (κ2) is 7.01. The lowest BCUT2D eigenvalue weighted by atomic mass is 10.2. The Morgan fingerprint density at radius 2 is 2.17 bits per heavy atom. The Kier molecular flexibility index (Phi) is 5.65. The number of carbonyl (C=O) groups is 1. The minimum absolute atomic E-state index is 0.0849. The van der Waals surface area contributed by atoms with E-state index in [1.54, 1.807) is 6.92 Å². The van der Waals surface area contributed by atoms with E-state index >= 15 is 0 Å². The third kappa shape index (κ3) is 5.19. The van der Waals surface area contributed by atoms with Gasteiger partial charge in [0.2, 0.25) is 0 Å². The first-order chi connectivity index (χ1) is 8.49. The second-order valence-electron chi connectivity index (χ2n) is 4.67. The van der Waals surface area contributed by atoms with Gasteiger partial charge in [-0.15, -0.1) is 0 Å². The molecule has 4 heteroatoms. The van der Waals surface area contributed by atoms with Crippen LogP contribution in [0.4, 0.5) is 0 Å². The quantitative estimate of drug-likeness (QED) is 0.830. The molecule has 0 aromatic heterocycles. The van der Waals surface area contributed by atoms with Gasteiger partial charge >= 0.3 is 0 Å². The van der Waals surface area contributed by atoms with E-state index < -0.39 is 6.10 Å². The topological polar surface area (TPSA) is 41.6 Å². The van der Waals surface area contributed by atoms with Gasteiger partial charge in [0.15, 0.2) is 6.10 Å². The summed E-state index contributed by atoms with van der Waals surface area (Å²) >= 11 is 0. The van der Waals surface area contributed by atoms with Crippen LogP contribution in [0.15, 0.2) is 24.3 Å². The van der Waals surface area contributed by atoms with Crippen LogP contribution in [0.5, 0.6) is 5.75 Å². The molecule has 0 heterocycles. The van der Waals surface area contributed by atoms with Crippen molar-refractivity contribution >= 4 is 5.91 Å². The number of rotatable bonds is 6. The SMILES string of the molecule is Cc1cccc(O[C@@H](C)C(=O)NCCN(C)C)c1. The first-order valence-electron chi connectivity index (χ1n) is 6.15. The van der Waals surface area contributed by atoms with Crippen molar-refractivity contribution in [3.05, 3.63) is 29.8 Å². The lowest BCUT2D eigenvalue weighted by molar-refractivity contribution is -0.127. The molecule has 1 N–H and O–H groups in total. The molecule has 0 saturated heterocycles. The average molecular weight is 250 g/mol. The highest BCUT2D eigenvalue weighted by molar-refractivity contribution is 5.80. The minimum Gasteiger partial charge on any atom is -0.481 e. The van der Waals surface area contributed by atoms with Crippen LogP contribution >= 0.6 is 0 Å². The van der Waals surface area contributed by atoms with Gasteiger partial charge in [-0.1, -0.05) is 12.1 Å². The number of amides is 1. The molecule has 1 aromatic rings. The number of nitrogens with zero attached hydrogens (tertiary/aromatic N) is 1. The average Bonchev–Trinajstić information content (AvgIpc) is 2.28. The Morgan fingerprint density at radius 1 is 1.44 bits per heavy atom. The third-order valence-corrected chi connectivity index (χ3v) is 2.53. The summed E-state index contributed by atoms with van der Waals surface area (Å²) in [6.45, 7) is 5.21. The molecule has 0 fully saturated rings. The van der Waals surface area contributed by atoms with E-state index in [2.05, 4.69) is 5.32 Å². The van der Waals surface area contributed by atoms with E-state index in [4.69, 9.17) is 4.74 Å². The first kappa shape index (κ1) is 14.5. The summed E-state index contributed by atoms with van der Waals surface area (Å²) in [6, 6.07) is 7.69. The zero-order valence-electron chi connectivity index (χ0n) is 11.6. The fraction of sp³-hybridized carbons (Fsp3) is 0.500. The summed E-state index contributed by atoms with van der Waals surface area (Å²) in [4.78, 5) is 13.8. The molecule has 100 valence electrons. The summed E-state index contributed by atoms with van der Waals surface area (Å²) in [6.07, 6.45) is -0.478. The first-order valence-corrected chi connectivity index (χ1v) is 6.15. The molecule has 1 atom stereocenters. The van der Waals surface area contributed by atoms with Gasteiger partial charge in [-0.05, 0) is 45.6 Å². The summed E-state index contributed by atoms with van der Waals surface area (Å²) in [5.41, 5.74) is 1.12. The maximum Gasteiger partial charge on any atom is 0.260 e. The molecular weight excluding hydrogens is 228 g/mol. The number of carbonyl (C=O) groups excluding carboxylic acids is 1. The highest BCUT2D eigenvalue weighted by Gasteiger charge is 2.13. The fourth-order valence-corrected chi connectivity index (χ4v) is 1.49. The molecule has 1 aromatic carbocycles. The van der Waals surface area contributed by atoms with Gasteiger partial charge in [0.25, 0.3) is 5.91 Å². The molecule has 0 aliphatic carbocycles. The maximum atomic E-state index is 11.8. The highest BCUT2D eigenvalue weighted by atomic mass is 16.5. The Labute approximate surface area is 109 Å². The van der Waals surface area contributed by atoms with E-state index in [9.17, 15) is 4.79 Å². The molecule has 1 amide bonds. The molecule has 0 aliphatic heterocycles. The predicted molar refractivity (Wildman–Crippen MR) is 72.8 cm³/mol.